The molecule has 0 N–H and O–H groups in total. The zero-order valence-electron chi connectivity index (χ0n) is 13.5. The number of cyclic esters (lactones) is 1. The van der Waals surface area contributed by atoms with Crippen molar-refractivity contribution in [2.75, 3.05) is 0 Å². The van der Waals surface area contributed by atoms with Gasteiger partial charge in [-0.2, -0.15) is 0 Å². The summed E-state index contributed by atoms with van der Waals surface area (Å²) >= 11 is 0. The number of aryl methyl sites for hydroxylation is 1. The highest BCUT2D eigenvalue weighted by atomic mass is 19.1. The van der Waals surface area contributed by atoms with Crippen LogP contribution in [0.1, 0.15) is 16.7 Å². The molecule has 4 heteroatoms. The van der Waals surface area contributed by atoms with E-state index >= 15 is 0 Å². The van der Waals surface area contributed by atoms with E-state index in [2.05, 4.69) is 4.99 Å². The van der Waals surface area contributed by atoms with Gasteiger partial charge in [0.25, 0.3) is 0 Å². The average molecular weight is 331 g/mol. The maximum absolute atomic E-state index is 13.0. The van der Waals surface area contributed by atoms with Crippen LogP contribution in [0.15, 0.2) is 71.4 Å². The molecule has 0 radical (unpaired) electrons. The van der Waals surface area contributed by atoms with Crippen LogP contribution in [0.25, 0.3) is 16.8 Å². The van der Waals surface area contributed by atoms with Gasteiger partial charge < -0.3 is 4.74 Å². The lowest BCUT2D eigenvalue weighted by molar-refractivity contribution is -0.129. The van der Waals surface area contributed by atoms with Crippen LogP contribution in [-0.4, -0.2) is 11.9 Å². The van der Waals surface area contributed by atoms with Crippen molar-refractivity contribution < 1.29 is 13.9 Å². The van der Waals surface area contributed by atoms with Crippen LogP contribution < -0.4 is 0 Å². The van der Waals surface area contributed by atoms with E-state index in [1.807, 2.05) is 43.3 Å². The van der Waals surface area contributed by atoms with Crippen LogP contribution in [0.2, 0.25) is 0 Å². The Morgan fingerprint density at radius 1 is 0.960 bits per heavy atom. The van der Waals surface area contributed by atoms with Crippen LogP contribution in [-0.2, 0) is 9.53 Å². The summed E-state index contributed by atoms with van der Waals surface area (Å²) in [7, 11) is 0. The summed E-state index contributed by atoms with van der Waals surface area (Å²) in [5.41, 5.74) is 2.86. The molecule has 3 aromatic rings. The van der Waals surface area contributed by atoms with Gasteiger partial charge in [-0.3, -0.25) is 0 Å². The Hall–Kier alpha value is -3.27. The number of halogens is 1. The number of carbonyl (C=O) groups excluding carboxylic acids is 1. The Kier molecular flexibility index (Phi) is 3.65. The SMILES string of the molecule is Cc1ccc(/C=C2\N=C(c3ccc(F)cc3)OC2=O)c2ccccc12. The first-order valence-corrected chi connectivity index (χ1v) is 7.89. The zero-order chi connectivity index (χ0) is 17.4. The topological polar surface area (TPSA) is 38.7 Å². The van der Waals surface area contributed by atoms with Crippen LogP contribution >= 0.6 is 0 Å². The largest absolute Gasteiger partial charge is 0.402 e. The molecule has 1 aliphatic heterocycles. The fourth-order valence-electron chi connectivity index (χ4n) is 2.87. The Labute approximate surface area is 144 Å². The van der Waals surface area contributed by atoms with Gasteiger partial charge >= 0.3 is 5.97 Å². The predicted molar refractivity (Wildman–Crippen MR) is 95.7 cm³/mol. The molecule has 0 amide bonds. The van der Waals surface area contributed by atoms with E-state index in [0.29, 0.717) is 5.56 Å². The summed E-state index contributed by atoms with van der Waals surface area (Å²) < 4.78 is 18.3. The lowest BCUT2D eigenvalue weighted by Crippen LogP contribution is -2.05. The van der Waals surface area contributed by atoms with Crippen molar-refractivity contribution in [2.45, 2.75) is 6.92 Å². The van der Waals surface area contributed by atoms with Gasteiger partial charge in [0.1, 0.15) is 5.82 Å². The van der Waals surface area contributed by atoms with Crippen molar-refractivity contribution in [2.24, 2.45) is 4.99 Å². The van der Waals surface area contributed by atoms with Gasteiger partial charge in [-0.15, -0.1) is 0 Å². The van der Waals surface area contributed by atoms with E-state index in [0.717, 1.165) is 16.3 Å². The van der Waals surface area contributed by atoms with Crippen LogP contribution in [0.3, 0.4) is 0 Å². The first-order chi connectivity index (χ1) is 12.1. The second-order valence-electron chi connectivity index (χ2n) is 5.86. The van der Waals surface area contributed by atoms with Gasteiger partial charge in [-0.1, -0.05) is 36.4 Å². The molecule has 1 heterocycles. The van der Waals surface area contributed by atoms with Crippen LogP contribution in [0, 0.1) is 12.7 Å². The monoisotopic (exact) mass is 331 g/mol. The number of carbonyl (C=O) groups is 1. The molecule has 0 fully saturated rings. The third-order valence-corrected chi connectivity index (χ3v) is 4.18. The maximum Gasteiger partial charge on any atom is 0.363 e. The summed E-state index contributed by atoms with van der Waals surface area (Å²) in [5.74, 6) is -0.674. The summed E-state index contributed by atoms with van der Waals surface area (Å²) in [4.78, 5) is 16.4. The van der Waals surface area contributed by atoms with E-state index in [1.165, 1.54) is 29.8 Å². The average Bonchev–Trinajstić information content (AvgIpc) is 2.99. The van der Waals surface area contributed by atoms with Crippen molar-refractivity contribution in [1.29, 1.82) is 0 Å². The quantitative estimate of drug-likeness (QED) is 0.507. The number of rotatable bonds is 2. The third-order valence-electron chi connectivity index (χ3n) is 4.18. The van der Waals surface area contributed by atoms with E-state index in [1.54, 1.807) is 6.08 Å². The fraction of sp³-hybridized carbons (Fsp3) is 0.0476. The molecule has 0 atom stereocenters. The van der Waals surface area contributed by atoms with Crippen molar-refractivity contribution in [3.8, 4) is 0 Å². The molecule has 0 unspecified atom stereocenters. The van der Waals surface area contributed by atoms with Gasteiger partial charge in [0.05, 0.1) is 0 Å². The maximum atomic E-state index is 13.0. The number of benzene rings is 3. The molecule has 3 aromatic carbocycles. The Morgan fingerprint density at radius 3 is 2.44 bits per heavy atom. The number of hydrogen-bond acceptors (Lipinski definition) is 3. The minimum atomic E-state index is -0.510. The first-order valence-electron chi connectivity index (χ1n) is 7.89. The minimum Gasteiger partial charge on any atom is -0.402 e. The molecule has 3 nitrogen and oxygen atoms in total. The van der Waals surface area contributed by atoms with Crippen molar-refractivity contribution in [3.63, 3.8) is 0 Å². The highest BCUT2D eigenvalue weighted by Gasteiger charge is 2.24. The van der Waals surface area contributed by atoms with Gasteiger partial charge in [0, 0.05) is 5.56 Å². The van der Waals surface area contributed by atoms with E-state index in [9.17, 15) is 9.18 Å². The van der Waals surface area contributed by atoms with Crippen LogP contribution in [0.5, 0.6) is 0 Å². The van der Waals surface area contributed by atoms with E-state index in [4.69, 9.17) is 4.74 Å². The second-order valence-corrected chi connectivity index (χ2v) is 5.86. The zero-order valence-corrected chi connectivity index (χ0v) is 13.5. The van der Waals surface area contributed by atoms with Crippen molar-refractivity contribution in [1.82, 2.24) is 0 Å². The molecule has 25 heavy (non-hydrogen) atoms. The molecular formula is C21H14FNO2. The lowest BCUT2D eigenvalue weighted by Gasteiger charge is -2.05. The number of nitrogens with zero attached hydrogens (tertiary/aromatic N) is 1. The summed E-state index contributed by atoms with van der Waals surface area (Å²) in [6, 6.07) is 17.7. The molecule has 0 saturated heterocycles. The van der Waals surface area contributed by atoms with Crippen molar-refractivity contribution >= 4 is 28.7 Å². The van der Waals surface area contributed by atoms with Gasteiger partial charge in [-0.05, 0) is 59.2 Å². The smallest absolute Gasteiger partial charge is 0.363 e. The molecular weight excluding hydrogens is 317 g/mol. The fourth-order valence-corrected chi connectivity index (χ4v) is 2.87. The minimum absolute atomic E-state index is 0.188. The number of esters is 1. The van der Waals surface area contributed by atoms with Gasteiger partial charge in [0.15, 0.2) is 5.70 Å². The molecule has 0 saturated carbocycles. The van der Waals surface area contributed by atoms with Gasteiger partial charge in [0.2, 0.25) is 5.90 Å². The van der Waals surface area contributed by atoms with E-state index < -0.39 is 5.97 Å². The summed E-state index contributed by atoms with van der Waals surface area (Å²) in [6.07, 6.45) is 1.72. The number of fused-ring (bicyclic) bond motifs is 1. The Balaban J connectivity index is 1.78. The second kappa shape index (κ2) is 5.98. The lowest BCUT2D eigenvalue weighted by atomic mass is 10.00. The highest BCUT2D eigenvalue weighted by Crippen LogP contribution is 2.26. The van der Waals surface area contributed by atoms with Crippen LogP contribution in [0.4, 0.5) is 4.39 Å². The number of hydrogen-bond donors (Lipinski definition) is 0. The van der Waals surface area contributed by atoms with Gasteiger partial charge in [-0.25, -0.2) is 14.2 Å². The molecule has 122 valence electrons. The molecule has 0 aliphatic carbocycles. The van der Waals surface area contributed by atoms with E-state index in [-0.39, 0.29) is 17.4 Å². The number of aliphatic imine (C=N–C) groups is 1. The molecule has 0 bridgehead atoms. The summed E-state index contributed by atoms with van der Waals surface area (Å²) in [6.45, 7) is 2.05. The normalized spacial score (nSPS) is 15.5. The third kappa shape index (κ3) is 2.83. The first kappa shape index (κ1) is 15.3. The number of ether oxygens (including phenoxy) is 1. The highest BCUT2D eigenvalue weighted by molar-refractivity contribution is 6.13. The molecule has 0 aromatic heterocycles. The Bertz CT molecular complexity index is 1050. The predicted octanol–water partition coefficient (Wildman–Crippen LogP) is 4.63. The standard InChI is InChI=1S/C21H14FNO2/c1-13-6-7-15(18-5-3-2-4-17(13)18)12-19-21(24)25-20(23-19)14-8-10-16(22)11-9-14/h2-12H,1H3/b19-12-. The molecule has 0 spiro atoms. The Morgan fingerprint density at radius 2 is 1.68 bits per heavy atom. The molecule has 1 aliphatic rings. The molecule has 4 rings (SSSR count). The summed E-state index contributed by atoms with van der Waals surface area (Å²) in [5, 5.41) is 2.18. The van der Waals surface area contributed by atoms with Crippen molar-refractivity contribution in [3.05, 3.63) is 88.9 Å².